The molecular weight excluding hydrogens is 269 g/mol. The molecule has 2 aliphatic rings. The molecule has 1 saturated carbocycles. The van der Waals surface area contributed by atoms with Crippen LogP contribution in [0, 0.1) is 5.82 Å². The van der Waals surface area contributed by atoms with Crippen molar-refractivity contribution in [3.63, 3.8) is 0 Å². The van der Waals surface area contributed by atoms with Gasteiger partial charge in [0.15, 0.2) is 11.6 Å². The molecule has 1 aliphatic carbocycles. The van der Waals surface area contributed by atoms with E-state index in [4.69, 9.17) is 9.47 Å². The second-order valence-corrected chi connectivity index (χ2v) is 6.05. The average molecular weight is 293 g/mol. The number of hydrogen-bond acceptors (Lipinski definition) is 3. The van der Waals surface area contributed by atoms with Crippen LogP contribution in [0.25, 0.3) is 0 Å². The average Bonchev–Trinajstić information content (AvgIpc) is 3.17. The highest BCUT2D eigenvalue weighted by atomic mass is 19.1. The van der Waals surface area contributed by atoms with Crippen molar-refractivity contribution in [3.05, 3.63) is 29.6 Å². The minimum atomic E-state index is -0.262. The van der Waals surface area contributed by atoms with E-state index in [1.165, 1.54) is 12.8 Å². The zero-order chi connectivity index (χ0) is 14.5. The monoisotopic (exact) mass is 293 g/mol. The Morgan fingerprint density at radius 1 is 1.29 bits per heavy atom. The van der Waals surface area contributed by atoms with E-state index in [9.17, 15) is 4.39 Å². The van der Waals surface area contributed by atoms with Crippen molar-refractivity contribution in [1.29, 1.82) is 0 Å². The van der Waals surface area contributed by atoms with E-state index in [1.54, 1.807) is 12.1 Å². The summed E-state index contributed by atoms with van der Waals surface area (Å²) in [5.74, 6) is 0.0970. The highest BCUT2D eigenvalue weighted by Gasteiger charge is 2.20. The molecule has 0 bridgehead atoms. The number of rotatable bonds is 8. The molecule has 2 fully saturated rings. The fraction of sp³-hybridized carbons (Fsp3) is 0.647. The molecule has 1 heterocycles. The van der Waals surface area contributed by atoms with E-state index in [0.29, 0.717) is 24.5 Å². The molecule has 3 rings (SSSR count). The molecule has 0 spiro atoms. The maximum Gasteiger partial charge on any atom is 0.165 e. The van der Waals surface area contributed by atoms with E-state index >= 15 is 0 Å². The van der Waals surface area contributed by atoms with Gasteiger partial charge >= 0.3 is 0 Å². The van der Waals surface area contributed by atoms with Crippen LogP contribution in [-0.4, -0.2) is 25.4 Å². The number of halogens is 1. The van der Waals surface area contributed by atoms with Gasteiger partial charge in [-0.1, -0.05) is 6.07 Å². The highest BCUT2D eigenvalue weighted by molar-refractivity contribution is 5.29. The molecule has 1 aromatic rings. The molecular formula is C17H24FNO2. The van der Waals surface area contributed by atoms with Gasteiger partial charge in [-0.25, -0.2) is 4.39 Å². The molecule has 4 heteroatoms. The van der Waals surface area contributed by atoms with Gasteiger partial charge in [-0.2, -0.15) is 0 Å². The Hall–Kier alpha value is -1.13. The molecule has 1 N–H and O–H groups in total. The molecule has 1 atom stereocenters. The minimum Gasteiger partial charge on any atom is -0.491 e. The van der Waals surface area contributed by atoms with E-state index in [2.05, 4.69) is 5.32 Å². The van der Waals surface area contributed by atoms with Gasteiger partial charge in [0.25, 0.3) is 0 Å². The van der Waals surface area contributed by atoms with Crippen LogP contribution < -0.4 is 10.1 Å². The van der Waals surface area contributed by atoms with Crippen LogP contribution in [0.1, 0.15) is 44.1 Å². The van der Waals surface area contributed by atoms with Crippen LogP contribution in [0.4, 0.5) is 4.39 Å². The van der Waals surface area contributed by atoms with E-state index in [-0.39, 0.29) is 5.82 Å². The first-order chi connectivity index (χ1) is 10.3. The lowest BCUT2D eigenvalue weighted by Crippen LogP contribution is -2.15. The van der Waals surface area contributed by atoms with Gasteiger partial charge < -0.3 is 14.8 Å². The van der Waals surface area contributed by atoms with Crippen LogP contribution in [0.5, 0.6) is 5.75 Å². The Balaban J connectivity index is 1.39. The van der Waals surface area contributed by atoms with Crippen molar-refractivity contribution >= 4 is 0 Å². The Bertz CT molecular complexity index is 456. The van der Waals surface area contributed by atoms with Crippen molar-refractivity contribution in [1.82, 2.24) is 5.32 Å². The first kappa shape index (κ1) is 14.8. The van der Waals surface area contributed by atoms with Gasteiger partial charge in [0, 0.05) is 19.2 Å². The third kappa shape index (κ3) is 4.68. The summed E-state index contributed by atoms with van der Waals surface area (Å²) in [6.45, 7) is 2.17. The first-order valence-electron chi connectivity index (χ1n) is 8.07. The lowest BCUT2D eigenvalue weighted by molar-refractivity contribution is 0.0979. The summed E-state index contributed by atoms with van der Waals surface area (Å²) in [5.41, 5.74) is 0.978. The third-order valence-electron chi connectivity index (χ3n) is 4.12. The van der Waals surface area contributed by atoms with E-state index < -0.39 is 0 Å². The van der Waals surface area contributed by atoms with E-state index in [0.717, 1.165) is 44.4 Å². The summed E-state index contributed by atoms with van der Waals surface area (Å²) >= 11 is 0. The summed E-state index contributed by atoms with van der Waals surface area (Å²) in [4.78, 5) is 0. The highest BCUT2D eigenvalue weighted by Crippen LogP contribution is 2.22. The standard InChI is InChI=1S/C17H24FNO2/c18-16-11-13(12-19-14-6-7-14)5-8-17(16)21-10-2-4-15-3-1-9-20-15/h5,8,11,14-15,19H,1-4,6-7,9-10,12H2. The van der Waals surface area contributed by atoms with Crippen molar-refractivity contribution in [3.8, 4) is 5.75 Å². The molecule has 1 aromatic carbocycles. The molecule has 0 radical (unpaired) electrons. The largest absolute Gasteiger partial charge is 0.491 e. The molecule has 3 nitrogen and oxygen atoms in total. The number of ether oxygens (including phenoxy) is 2. The molecule has 21 heavy (non-hydrogen) atoms. The smallest absolute Gasteiger partial charge is 0.165 e. The van der Waals surface area contributed by atoms with Gasteiger partial charge in [0.2, 0.25) is 0 Å². The number of hydrogen-bond donors (Lipinski definition) is 1. The minimum absolute atomic E-state index is 0.262. The van der Waals surface area contributed by atoms with Gasteiger partial charge in [0.1, 0.15) is 0 Å². The molecule has 1 aliphatic heterocycles. The third-order valence-corrected chi connectivity index (χ3v) is 4.12. The number of nitrogens with one attached hydrogen (secondary N) is 1. The van der Waals surface area contributed by atoms with E-state index in [1.807, 2.05) is 6.07 Å². The Labute approximate surface area is 125 Å². The van der Waals surface area contributed by atoms with Crippen molar-refractivity contribution in [2.45, 2.75) is 57.2 Å². The second-order valence-electron chi connectivity index (χ2n) is 6.05. The van der Waals surface area contributed by atoms with Gasteiger partial charge in [-0.05, 0) is 56.2 Å². The van der Waals surface area contributed by atoms with Crippen LogP contribution in [0.15, 0.2) is 18.2 Å². The van der Waals surface area contributed by atoms with Crippen molar-refractivity contribution in [2.24, 2.45) is 0 Å². The Morgan fingerprint density at radius 2 is 2.19 bits per heavy atom. The van der Waals surface area contributed by atoms with Crippen LogP contribution in [-0.2, 0) is 11.3 Å². The molecule has 1 unspecified atom stereocenters. The zero-order valence-corrected chi connectivity index (χ0v) is 12.4. The van der Waals surface area contributed by atoms with Gasteiger partial charge in [-0.15, -0.1) is 0 Å². The maximum atomic E-state index is 13.9. The summed E-state index contributed by atoms with van der Waals surface area (Å²) in [7, 11) is 0. The number of benzene rings is 1. The quantitative estimate of drug-likeness (QED) is 0.745. The summed E-state index contributed by atoms with van der Waals surface area (Å²) in [6, 6.07) is 5.89. The summed E-state index contributed by atoms with van der Waals surface area (Å²) in [6.07, 6.45) is 7.10. The van der Waals surface area contributed by atoms with Crippen molar-refractivity contribution < 1.29 is 13.9 Å². The summed E-state index contributed by atoms with van der Waals surface area (Å²) < 4.78 is 25.0. The molecule has 1 saturated heterocycles. The van der Waals surface area contributed by atoms with Crippen LogP contribution in [0.3, 0.4) is 0 Å². The second kappa shape index (κ2) is 7.23. The summed E-state index contributed by atoms with van der Waals surface area (Å²) in [5, 5.41) is 3.38. The SMILES string of the molecule is Fc1cc(CNC2CC2)ccc1OCCCC1CCCO1. The fourth-order valence-corrected chi connectivity index (χ4v) is 2.69. The first-order valence-corrected chi connectivity index (χ1v) is 8.07. The van der Waals surface area contributed by atoms with Gasteiger partial charge in [-0.3, -0.25) is 0 Å². The van der Waals surface area contributed by atoms with Crippen LogP contribution >= 0.6 is 0 Å². The zero-order valence-electron chi connectivity index (χ0n) is 12.4. The topological polar surface area (TPSA) is 30.5 Å². The Kier molecular flexibility index (Phi) is 5.09. The lowest BCUT2D eigenvalue weighted by atomic mass is 10.1. The van der Waals surface area contributed by atoms with Crippen LogP contribution in [0.2, 0.25) is 0 Å². The van der Waals surface area contributed by atoms with Crippen molar-refractivity contribution in [2.75, 3.05) is 13.2 Å². The predicted molar refractivity (Wildman–Crippen MR) is 80.0 cm³/mol. The van der Waals surface area contributed by atoms with Gasteiger partial charge in [0.05, 0.1) is 12.7 Å². The molecule has 116 valence electrons. The normalized spacial score (nSPS) is 21.7. The predicted octanol–water partition coefficient (Wildman–Crippen LogP) is 3.42. The maximum absolute atomic E-state index is 13.9. The lowest BCUT2D eigenvalue weighted by Gasteiger charge is -2.11. The molecule has 0 amide bonds. The fourth-order valence-electron chi connectivity index (χ4n) is 2.69. The Morgan fingerprint density at radius 3 is 2.90 bits per heavy atom. The molecule has 0 aromatic heterocycles.